The molecule has 0 atom stereocenters. The van der Waals surface area contributed by atoms with E-state index in [1.807, 2.05) is 0 Å². The van der Waals surface area contributed by atoms with Crippen LogP contribution in [0.2, 0.25) is 0 Å². The summed E-state index contributed by atoms with van der Waals surface area (Å²) >= 11 is 0. The fraction of sp³-hybridized carbons (Fsp3) is 0. The number of carbonyl (C=O) groups is 2. The molecule has 2 rings (SSSR count). The number of hydrogen-bond acceptors (Lipinski definition) is 4. The molecule has 0 saturated heterocycles. The van der Waals surface area contributed by atoms with Gasteiger partial charge in [-0.25, -0.2) is 9.59 Å². The minimum Gasteiger partial charge on any atom is -0.478 e. The summed E-state index contributed by atoms with van der Waals surface area (Å²) < 4.78 is 0. The predicted molar refractivity (Wildman–Crippen MR) is 74.0 cm³/mol. The molecule has 0 aliphatic rings. The smallest absolute Gasteiger partial charge is 0.335 e. The van der Waals surface area contributed by atoms with Crippen LogP contribution in [0.3, 0.4) is 0 Å². The van der Waals surface area contributed by atoms with Crippen LogP contribution in [-0.2, 0) is 0 Å². The minimum absolute atomic E-state index is 0.179. The van der Waals surface area contributed by atoms with Gasteiger partial charge in [0.25, 0.3) is 0 Å². The molecule has 2 aromatic carbocycles. The van der Waals surface area contributed by atoms with E-state index in [1.54, 1.807) is 24.3 Å². The molecule has 6 nitrogen and oxygen atoms in total. The summed E-state index contributed by atoms with van der Waals surface area (Å²) in [5.74, 6) is -1.99. The molecule has 0 radical (unpaired) electrons. The van der Waals surface area contributed by atoms with Gasteiger partial charge in [0.1, 0.15) is 0 Å². The van der Waals surface area contributed by atoms with Crippen molar-refractivity contribution in [1.82, 2.24) is 0 Å². The maximum atomic E-state index is 10.8. The number of nitrogens with one attached hydrogen (secondary N) is 2. The third-order valence-corrected chi connectivity index (χ3v) is 2.59. The Bertz CT molecular complexity index is 638. The van der Waals surface area contributed by atoms with E-state index in [2.05, 4.69) is 10.9 Å². The fourth-order valence-corrected chi connectivity index (χ4v) is 1.57. The number of benzene rings is 2. The molecule has 0 aliphatic carbocycles. The van der Waals surface area contributed by atoms with Crippen molar-refractivity contribution < 1.29 is 19.8 Å². The lowest BCUT2D eigenvalue weighted by atomic mass is 10.2. The Balaban J connectivity index is 2.03. The SMILES string of the molecule is O=C(O)c1ccc(NNc2cccc(C(=O)O)c2)cc1. The summed E-state index contributed by atoms with van der Waals surface area (Å²) in [6, 6.07) is 12.5. The first-order chi connectivity index (χ1) is 9.56. The highest BCUT2D eigenvalue weighted by atomic mass is 16.4. The summed E-state index contributed by atoms with van der Waals surface area (Å²) in [4.78, 5) is 21.5. The van der Waals surface area contributed by atoms with Crippen LogP contribution in [0.1, 0.15) is 20.7 Å². The van der Waals surface area contributed by atoms with Gasteiger partial charge in [0.05, 0.1) is 22.5 Å². The van der Waals surface area contributed by atoms with Crippen LogP contribution in [0.5, 0.6) is 0 Å². The second-order valence-electron chi connectivity index (χ2n) is 4.02. The average molecular weight is 272 g/mol. The number of anilines is 2. The number of hydrogen-bond donors (Lipinski definition) is 4. The van der Waals surface area contributed by atoms with E-state index in [0.717, 1.165) is 0 Å². The Morgan fingerprint density at radius 3 is 1.95 bits per heavy atom. The third kappa shape index (κ3) is 3.26. The highest BCUT2D eigenvalue weighted by Crippen LogP contribution is 2.13. The van der Waals surface area contributed by atoms with Gasteiger partial charge in [0.2, 0.25) is 0 Å². The van der Waals surface area contributed by atoms with Gasteiger partial charge in [-0.2, -0.15) is 0 Å². The second-order valence-corrected chi connectivity index (χ2v) is 4.02. The van der Waals surface area contributed by atoms with Crippen molar-refractivity contribution in [1.29, 1.82) is 0 Å². The Labute approximate surface area is 114 Å². The lowest BCUT2D eigenvalue weighted by Gasteiger charge is -2.10. The molecule has 0 unspecified atom stereocenters. The molecule has 0 aromatic heterocycles. The molecule has 4 N–H and O–H groups in total. The van der Waals surface area contributed by atoms with E-state index in [-0.39, 0.29) is 11.1 Å². The summed E-state index contributed by atoms with van der Waals surface area (Å²) in [6.45, 7) is 0. The zero-order chi connectivity index (χ0) is 14.5. The zero-order valence-corrected chi connectivity index (χ0v) is 10.3. The van der Waals surface area contributed by atoms with E-state index < -0.39 is 11.9 Å². The fourth-order valence-electron chi connectivity index (χ4n) is 1.57. The van der Waals surface area contributed by atoms with E-state index in [9.17, 15) is 9.59 Å². The van der Waals surface area contributed by atoms with Crippen molar-refractivity contribution in [2.45, 2.75) is 0 Å². The van der Waals surface area contributed by atoms with Crippen LogP contribution < -0.4 is 10.9 Å². The number of hydrazine groups is 1. The van der Waals surface area contributed by atoms with Crippen LogP contribution in [0.25, 0.3) is 0 Å². The molecule has 0 saturated carbocycles. The normalized spacial score (nSPS) is 9.80. The standard InChI is InChI=1S/C14H12N2O4/c17-13(18)9-4-6-11(7-5-9)15-16-12-3-1-2-10(8-12)14(19)20/h1-8,15-16H,(H,17,18)(H,19,20). The lowest BCUT2D eigenvalue weighted by Crippen LogP contribution is -2.09. The number of rotatable bonds is 5. The molecule has 102 valence electrons. The van der Waals surface area contributed by atoms with Crippen LogP contribution in [0.15, 0.2) is 48.5 Å². The monoisotopic (exact) mass is 272 g/mol. The molecular formula is C14H12N2O4. The highest BCUT2D eigenvalue weighted by molar-refractivity contribution is 5.89. The van der Waals surface area contributed by atoms with Gasteiger partial charge in [0, 0.05) is 0 Å². The van der Waals surface area contributed by atoms with Crippen molar-refractivity contribution in [2.75, 3.05) is 10.9 Å². The number of carboxylic acids is 2. The van der Waals surface area contributed by atoms with Gasteiger partial charge in [-0.05, 0) is 42.5 Å². The van der Waals surface area contributed by atoms with Crippen LogP contribution in [-0.4, -0.2) is 22.2 Å². The topological polar surface area (TPSA) is 98.7 Å². The van der Waals surface area contributed by atoms with Crippen molar-refractivity contribution >= 4 is 23.3 Å². The first-order valence-corrected chi connectivity index (χ1v) is 5.75. The molecule has 6 heteroatoms. The molecule has 0 amide bonds. The minimum atomic E-state index is -1.00. The first-order valence-electron chi connectivity index (χ1n) is 5.75. The van der Waals surface area contributed by atoms with E-state index in [1.165, 1.54) is 24.3 Å². The summed E-state index contributed by atoms with van der Waals surface area (Å²) in [5, 5.41) is 17.6. The van der Waals surface area contributed by atoms with E-state index in [0.29, 0.717) is 11.4 Å². The quantitative estimate of drug-likeness (QED) is 0.624. The van der Waals surface area contributed by atoms with Crippen molar-refractivity contribution in [3.05, 3.63) is 59.7 Å². The van der Waals surface area contributed by atoms with Gasteiger partial charge >= 0.3 is 11.9 Å². The van der Waals surface area contributed by atoms with Gasteiger partial charge in [-0.3, -0.25) is 0 Å². The molecule has 0 bridgehead atoms. The molecule has 0 fully saturated rings. The lowest BCUT2D eigenvalue weighted by molar-refractivity contribution is 0.0686. The van der Waals surface area contributed by atoms with Gasteiger partial charge in [-0.1, -0.05) is 6.07 Å². The Hall–Kier alpha value is -3.02. The molecule has 0 aliphatic heterocycles. The summed E-state index contributed by atoms with van der Waals surface area (Å²) in [6.07, 6.45) is 0. The largest absolute Gasteiger partial charge is 0.478 e. The summed E-state index contributed by atoms with van der Waals surface area (Å²) in [5.41, 5.74) is 7.33. The third-order valence-electron chi connectivity index (χ3n) is 2.59. The average Bonchev–Trinajstić information content (AvgIpc) is 2.46. The highest BCUT2D eigenvalue weighted by Gasteiger charge is 2.03. The Morgan fingerprint density at radius 1 is 0.750 bits per heavy atom. The van der Waals surface area contributed by atoms with Crippen molar-refractivity contribution in [2.24, 2.45) is 0 Å². The maximum absolute atomic E-state index is 10.8. The van der Waals surface area contributed by atoms with Crippen LogP contribution >= 0.6 is 0 Å². The van der Waals surface area contributed by atoms with E-state index >= 15 is 0 Å². The van der Waals surface area contributed by atoms with Gasteiger partial charge in [-0.15, -0.1) is 0 Å². The Kier molecular flexibility index (Phi) is 3.85. The van der Waals surface area contributed by atoms with E-state index in [4.69, 9.17) is 10.2 Å². The first kappa shape index (κ1) is 13.4. The second kappa shape index (κ2) is 5.75. The van der Waals surface area contributed by atoms with Gasteiger partial charge in [0.15, 0.2) is 0 Å². The number of carboxylic acid groups (broad SMARTS) is 2. The van der Waals surface area contributed by atoms with Crippen molar-refractivity contribution in [3.8, 4) is 0 Å². The molecule has 2 aromatic rings. The van der Waals surface area contributed by atoms with Gasteiger partial charge < -0.3 is 21.1 Å². The maximum Gasteiger partial charge on any atom is 0.335 e. The van der Waals surface area contributed by atoms with Crippen LogP contribution in [0, 0.1) is 0 Å². The Morgan fingerprint density at radius 2 is 1.35 bits per heavy atom. The molecular weight excluding hydrogens is 260 g/mol. The van der Waals surface area contributed by atoms with Crippen molar-refractivity contribution in [3.63, 3.8) is 0 Å². The molecule has 0 heterocycles. The number of aromatic carboxylic acids is 2. The molecule has 20 heavy (non-hydrogen) atoms. The summed E-state index contributed by atoms with van der Waals surface area (Å²) in [7, 11) is 0. The zero-order valence-electron chi connectivity index (χ0n) is 10.3. The molecule has 0 spiro atoms. The predicted octanol–water partition coefficient (Wildman–Crippen LogP) is 2.52. The van der Waals surface area contributed by atoms with Crippen LogP contribution in [0.4, 0.5) is 11.4 Å².